The maximum Gasteiger partial charge on any atom is 0.164 e. The molecule has 1 aliphatic carbocycles. The van der Waals surface area contributed by atoms with Crippen LogP contribution >= 0.6 is 0 Å². The van der Waals surface area contributed by atoms with Crippen molar-refractivity contribution in [3.8, 4) is 56.4 Å². The molecule has 1 aliphatic rings. The monoisotopic (exact) mass is 725 g/mol. The fourth-order valence-corrected chi connectivity index (χ4v) is 8.94. The third-order valence-electron chi connectivity index (χ3n) is 11.6. The van der Waals surface area contributed by atoms with Crippen molar-refractivity contribution in [2.24, 2.45) is 0 Å². The van der Waals surface area contributed by atoms with Crippen LogP contribution in [0.2, 0.25) is 0 Å². The zero-order valence-corrected chi connectivity index (χ0v) is 31.0. The Morgan fingerprint density at radius 3 is 1.58 bits per heavy atom. The first-order chi connectivity index (χ1) is 28.2. The number of benzene rings is 9. The Balaban J connectivity index is 1.11. The Labute approximate surface area is 331 Å². The highest BCUT2D eigenvalue weighted by Crippen LogP contribution is 2.56. The Kier molecular flexibility index (Phi) is 7.71. The topological polar surface area (TPSA) is 38.7 Å². The van der Waals surface area contributed by atoms with Crippen LogP contribution in [-0.2, 0) is 5.41 Å². The van der Waals surface area contributed by atoms with E-state index in [4.69, 9.17) is 15.0 Å². The molecular formula is C54H35N3. The fourth-order valence-electron chi connectivity index (χ4n) is 8.94. The van der Waals surface area contributed by atoms with E-state index < -0.39 is 5.41 Å². The molecule has 0 saturated heterocycles. The van der Waals surface area contributed by atoms with Gasteiger partial charge in [-0.15, -0.1) is 0 Å². The van der Waals surface area contributed by atoms with Gasteiger partial charge in [-0.25, -0.2) is 15.0 Å². The Morgan fingerprint density at radius 2 is 0.807 bits per heavy atom. The quantitative estimate of drug-likeness (QED) is 0.171. The van der Waals surface area contributed by atoms with E-state index in [-0.39, 0.29) is 0 Å². The highest BCUT2D eigenvalue weighted by Gasteiger charge is 2.46. The van der Waals surface area contributed by atoms with Gasteiger partial charge in [0, 0.05) is 16.7 Å². The lowest BCUT2D eigenvalue weighted by Crippen LogP contribution is -2.28. The van der Waals surface area contributed by atoms with Gasteiger partial charge in [-0.2, -0.15) is 0 Å². The summed E-state index contributed by atoms with van der Waals surface area (Å²) in [4.78, 5) is 15.8. The van der Waals surface area contributed by atoms with Crippen molar-refractivity contribution < 1.29 is 0 Å². The lowest BCUT2D eigenvalue weighted by molar-refractivity contribution is 0.768. The van der Waals surface area contributed by atoms with Crippen molar-refractivity contribution in [2.75, 3.05) is 0 Å². The SMILES string of the molecule is c1ccc(C2(c3ccccc3)c3ccccc3-c3ccc(-c4nc(-c5ccc(-c6ccc7ccccc7c6)cc5)nc(-c5cccc6ccccc56)n4)cc32)cc1. The molecule has 0 N–H and O–H groups in total. The Bertz CT molecular complexity index is 3070. The van der Waals surface area contributed by atoms with Crippen molar-refractivity contribution in [3.63, 3.8) is 0 Å². The molecule has 0 amide bonds. The minimum absolute atomic E-state index is 0.530. The van der Waals surface area contributed by atoms with Gasteiger partial charge < -0.3 is 0 Å². The van der Waals surface area contributed by atoms with Gasteiger partial charge in [0.25, 0.3) is 0 Å². The average molecular weight is 726 g/mol. The summed E-state index contributed by atoms with van der Waals surface area (Å²) in [6.07, 6.45) is 0. The van der Waals surface area contributed by atoms with Crippen molar-refractivity contribution in [1.29, 1.82) is 0 Å². The maximum absolute atomic E-state index is 5.29. The van der Waals surface area contributed by atoms with Crippen molar-refractivity contribution in [3.05, 3.63) is 235 Å². The lowest BCUT2D eigenvalue weighted by atomic mass is 9.67. The Hall–Kier alpha value is -7.49. The summed E-state index contributed by atoms with van der Waals surface area (Å²) in [6, 6.07) is 75.9. The number of fused-ring (bicyclic) bond motifs is 5. The molecule has 10 aromatic rings. The van der Waals surface area contributed by atoms with Gasteiger partial charge in [-0.3, -0.25) is 0 Å². The van der Waals surface area contributed by atoms with Crippen LogP contribution in [0.5, 0.6) is 0 Å². The number of hydrogen-bond acceptors (Lipinski definition) is 3. The van der Waals surface area contributed by atoms with Crippen LogP contribution in [0.15, 0.2) is 212 Å². The predicted octanol–water partition coefficient (Wildman–Crippen LogP) is 13.2. The van der Waals surface area contributed by atoms with E-state index in [1.807, 2.05) is 0 Å². The molecule has 266 valence electrons. The van der Waals surface area contributed by atoms with Gasteiger partial charge in [-0.1, -0.05) is 200 Å². The van der Waals surface area contributed by atoms with E-state index in [0.717, 1.165) is 33.0 Å². The number of hydrogen-bond donors (Lipinski definition) is 0. The van der Waals surface area contributed by atoms with Gasteiger partial charge in [0.15, 0.2) is 17.5 Å². The molecule has 0 spiro atoms. The number of nitrogens with zero attached hydrogens (tertiary/aromatic N) is 3. The number of rotatable bonds is 6. The first kappa shape index (κ1) is 32.9. The minimum atomic E-state index is -0.530. The van der Waals surface area contributed by atoms with Crippen LogP contribution in [0.3, 0.4) is 0 Å². The Morgan fingerprint density at radius 1 is 0.281 bits per heavy atom. The maximum atomic E-state index is 5.29. The molecule has 57 heavy (non-hydrogen) atoms. The standard InChI is InChI=1S/C54H35N3/c1-3-18-43(19-4-1)54(44-20-5-2-6-21-44)49-25-12-11-23-46(49)47-33-32-42(35-50(47)54)52-55-51(56-53(57-52)48-24-13-17-38-15-9-10-22-45(38)48)39-29-26-37(27-30-39)41-31-28-36-14-7-8-16-40(36)34-41/h1-35H. The molecule has 11 rings (SSSR count). The van der Waals surface area contributed by atoms with Crippen LogP contribution in [0.25, 0.3) is 78.0 Å². The van der Waals surface area contributed by atoms with E-state index in [9.17, 15) is 0 Å². The summed E-state index contributed by atoms with van der Waals surface area (Å²) < 4.78 is 0. The van der Waals surface area contributed by atoms with Crippen molar-refractivity contribution >= 4 is 21.5 Å². The summed E-state index contributed by atoms with van der Waals surface area (Å²) in [5, 5.41) is 4.70. The smallest absolute Gasteiger partial charge is 0.164 e. The largest absolute Gasteiger partial charge is 0.208 e. The van der Waals surface area contributed by atoms with Crippen LogP contribution in [0.4, 0.5) is 0 Å². The van der Waals surface area contributed by atoms with Crippen LogP contribution < -0.4 is 0 Å². The second-order valence-electron chi connectivity index (χ2n) is 14.8. The van der Waals surface area contributed by atoms with E-state index in [2.05, 4.69) is 212 Å². The van der Waals surface area contributed by atoms with Crippen LogP contribution in [0.1, 0.15) is 22.3 Å². The summed E-state index contributed by atoms with van der Waals surface area (Å²) >= 11 is 0. The summed E-state index contributed by atoms with van der Waals surface area (Å²) in [7, 11) is 0. The molecule has 0 aliphatic heterocycles. The predicted molar refractivity (Wildman–Crippen MR) is 234 cm³/mol. The third kappa shape index (κ3) is 5.39. The van der Waals surface area contributed by atoms with Crippen LogP contribution in [0, 0.1) is 0 Å². The second-order valence-corrected chi connectivity index (χ2v) is 14.8. The van der Waals surface area contributed by atoms with E-state index in [1.54, 1.807) is 0 Å². The third-order valence-corrected chi connectivity index (χ3v) is 11.6. The molecule has 0 saturated carbocycles. The molecule has 1 aromatic heterocycles. The van der Waals surface area contributed by atoms with E-state index in [0.29, 0.717) is 17.5 Å². The van der Waals surface area contributed by atoms with Gasteiger partial charge in [-0.05, 0) is 78.2 Å². The van der Waals surface area contributed by atoms with Gasteiger partial charge in [0.2, 0.25) is 0 Å². The summed E-state index contributed by atoms with van der Waals surface area (Å²) in [5.41, 5.74) is 12.0. The highest BCUT2D eigenvalue weighted by atomic mass is 15.0. The first-order valence-electron chi connectivity index (χ1n) is 19.4. The zero-order valence-electron chi connectivity index (χ0n) is 31.0. The fraction of sp³-hybridized carbons (Fsp3) is 0.0185. The molecule has 3 heteroatoms. The lowest BCUT2D eigenvalue weighted by Gasteiger charge is -2.34. The van der Waals surface area contributed by atoms with Gasteiger partial charge in [0.1, 0.15) is 0 Å². The molecule has 0 radical (unpaired) electrons. The molecule has 0 bridgehead atoms. The van der Waals surface area contributed by atoms with Crippen molar-refractivity contribution in [2.45, 2.75) is 5.41 Å². The number of aromatic nitrogens is 3. The normalized spacial score (nSPS) is 12.7. The molecule has 1 heterocycles. The van der Waals surface area contributed by atoms with Crippen LogP contribution in [-0.4, -0.2) is 15.0 Å². The second kappa shape index (κ2) is 13.4. The van der Waals surface area contributed by atoms with E-state index >= 15 is 0 Å². The summed E-state index contributed by atoms with van der Waals surface area (Å²) in [5.74, 6) is 1.91. The minimum Gasteiger partial charge on any atom is -0.208 e. The van der Waals surface area contributed by atoms with Gasteiger partial charge in [0.05, 0.1) is 5.41 Å². The molecule has 9 aromatic carbocycles. The first-order valence-corrected chi connectivity index (χ1v) is 19.4. The van der Waals surface area contributed by atoms with Crippen molar-refractivity contribution in [1.82, 2.24) is 15.0 Å². The summed E-state index contributed by atoms with van der Waals surface area (Å²) in [6.45, 7) is 0. The molecule has 3 nitrogen and oxygen atoms in total. The zero-order chi connectivity index (χ0) is 37.8. The molecule has 0 fully saturated rings. The molecular weight excluding hydrogens is 691 g/mol. The van der Waals surface area contributed by atoms with Gasteiger partial charge >= 0.3 is 0 Å². The average Bonchev–Trinajstić information content (AvgIpc) is 3.59. The highest BCUT2D eigenvalue weighted by molar-refractivity contribution is 5.96. The van der Waals surface area contributed by atoms with E-state index in [1.165, 1.54) is 49.7 Å². The molecule has 0 unspecified atom stereocenters. The molecule has 0 atom stereocenters.